The summed E-state index contributed by atoms with van der Waals surface area (Å²) in [6.07, 6.45) is 0. The van der Waals surface area contributed by atoms with E-state index in [0.29, 0.717) is 22.8 Å². The van der Waals surface area contributed by atoms with Gasteiger partial charge in [0.05, 0.1) is 24.1 Å². The van der Waals surface area contributed by atoms with Crippen LogP contribution in [0.4, 0.5) is 5.69 Å². The number of methoxy groups -OCH3 is 1. The van der Waals surface area contributed by atoms with Gasteiger partial charge in [0.1, 0.15) is 17.3 Å². The summed E-state index contributed by atoms with van der Waals surface area (Å²) < 4.78 is 10.7. The maximum absolute atomic E-state index is 12.6. The van der Waals surface area contributed by atoms with Crippen molar-refractivity contribution >= 4 is 11.6 Å². The van der Waals surface area contributed by atoms with Gasteiger partial charge >= 0.3 is 0 Å². The summed E-state index contributed by atoms with van der Waals surface area (Å²) in [4.78, 5) is 17.4. The van der Waals surface area contributed by atoms with Crippen LogP contribution >= 0.6 is 0 Å². The molecule has 0 fully saturated rings. The highest BCUT2D eigenvalue weighted by molar-refractivity contribution is 6.05. The summed E-state index contributed by atoms with van der Waals surface area (Å²) in [7, 11) is 1.65. The van der Waals surface area contributed by atoms with Crippen molar-refractivity contribution in [3.63, 3.8) is 0 Å². The van der Waals surface area contributed by atoms with Gasteiger partial charge in [0, 0.05) is 16.8 Å². The van der Waals surface area contributed by atoms with Gasteiger partial charge in [-0.15, -0.1) is 0 Å². The summed E-state index contributed by atoms with van der Waals surface area (Å²) in [6, 6.07) is 23.1. The van der Waals surface area contributed by atoms with Crippen LogP contribution in [0.3, 0.4) is 0 Å². The summed E-state index contributed by atoms with van der Waals surface area (Å²) in [5, 5.41) is 2.94. The first-order valence-electron chi connectivity index (χ1n) is 9.64. The molecule has 0 spiro atoms. The molecule has 1 amide bonds. The second-order valence-electron chi connectivity index (χ2n) is 7.00. The number of pyridine rings is 1. The van der Waals surface area contributed by atoms with Crippen LogP contribution in [0.2, 0.25) is 0 Å². The molecule has 0 radical (unpaired) electrons. The Morgan fingerprint density at radius 2 is 1.60 bits per heavy atom. The van der Waals surface area contributed by atoms with E-state index in [1.54, 1.807) is 20.1 Å². The van der Waals surface area contributed by atoms with Crippen LogP contribution in [0.15, 0.2) is 77.2 Å². The molecule has 0 unspecified atom stereocenters. The zero-order valence-electron chi connectivity index (χ0n) is 17.1. The fourth-order valence-corrected chi connectivity index (χ4v) is 3.33. The Morgan fingerprint density at radius 1 is 0.900 bits per heavy atom. The molecule has 5 heteroatoms. The number of aryl methyl sites for hydroxylation is 2. The smallest absolute Gasteiger partial charge is 0.259 e. The minimum atomic E-state index is -0.193. The molecule has 1 N–H and O–H groups in total. The molecular formula is C25H22N2O3. The number of nitrogens with one attached hydrogen (secondary N) is 1. The molecule has 2 aromatic heterocycles. The van der Waals surface area contributed by atoms with E-state index in [4.69, 9.17) is 14.1 Å². The van der Waals surface area contributed by atoms with Gasteiger partial charge in [0.15, 0.2) is 0 Å². The van der Waals surface area contributed by atoms with Crippen molar-refractivity contribution < 1.29 is 13.9 Å². The zero-order chi connectivity index (χ0) is 21.1. The van der Waals surface area contributed by atoms with Crippen LogP contribution < -0.4 is 10.1 Å². The van der Waals surface area contributed by atoms with Crippen molar-refractivity contribution in [1.82, 2.24) is 4.98 Å². The first kappa shape index (κ1) is 19.5. The molecule has 30 heavy (non-hydrogen) atoms. The van der Waals surface area contributed by atoms with Crippen molar-refractivity contribution in [3.05, 3.63) is 89.9 Å². The van der Waals surface area contributed by atoms with Crippen LogP contribution in [0.1, 0.15) is 21.9 Å². The van der Waals surface area contributed by atoms with Gasteiger partial charge in [-0.1, -0.05) is 18.2 Å². The number of carbonyl (C=O) groups excluding carboxylic acids is 1. The van der Waals surface area contributed by atoms with Crippen molar-refractivity contribution in [2.45, 2.75) is 13.8 Å². The first-order chi connectivity index (χ1) is 14.5. The van der Waals surface area contributed by atoms with Crippen LogP contribution in [0, 0.1) is 13.8 Å². The lowest BCUT2D eigenvalue weighted by molar-refractivity contribution is 0.102. The molecular weight excluding hydrogens is 376 g/mol. The molecule has 150 valence electrons. The second kappa shape index (κ2) is 8.25. The maximum Gasteiger partial charge on any atom is 0.259 e. The normalized spacial score (nSPS) is 10.6. The van der Waals surface area contributed by atoms with E-state index in [2.05, 4.69) is 5.32 Å². The predicted octanol–water partition coefficient (Wildman–Crippen LogP) is 5.89. The SMILES string of the molecule is COc1ccc(-c2cccc(-c3cccc(NC(=O)c4cc(C)oc4C)c3)n2)cc1. The average molecular weight is 398 g/mol. The number of anilines is 1. The number of amides is 1. The Balaban J connectivity index is 1.59. The molecule has 2 aromatic carbocycles. The van der Waals surface area contributed by atoms with Crippen LogP contribution in [0.25, 0.3) is 22.5 Å². The third-order valence-corrected chi connectivity index (χ3v) is 4.84. The van der Waals surface area contributed by atoms with Gasteiger partial charge in [0.2, 0.25) is 0 Å². The molecule has 5 nitrogen and oxygen atoms in total. The Morgan fingerprint density at radius 3 is 2.27 bits per heavy atom. The molecule has 0 atom stereocenters. The number of carbonyl (C=O) groups is 1. The van der Waals surface area contributed by atoms with E-state index in [1.165, 1.54) is 0 Å². The van der Waals surface area contributed by atoms with Crippen molar-refractivity contribution in [1.29, 1.82) is 0 Å². The lowest BCUT2D eigenvalue weighted by Gasteiger charge is -2.09. The minimum Gasteiger partial charge on any atom is -0.497 e. The number of hydrogen-bond donors (Lipinski definition) is 1. The molecule has 4 rings (SSSR count). The Labute approximate surface area is 175 Å². The van der Waals surface area contributed by atoms with Gasteiger partial charge in [-0.3, -0.25) is 4.79 Å². The lowest BCUT2D eigenvalue weighted by atomic mass is 10.1. The third-order valence-electron chi connectivity index (χ3n) is 4.84. The summed E-state index contributed by atoms with van der Waals surface area (Å²) >= 11 is 0. The highest BCUT2D eigenvalue weighted by Gasteiger charge is 2.14. The molecule has 0 aliphatic heterocycles. The number of nitrogens with zero attached hydrogens (tertiary/aromatic N) is 1. The van der Waals surface area contributed by atoms with Crippen LogP contribution in [-0.4, -0.2) is 18.0 Å². The average Bonchev–Trinajstić information content (AvgIpc) is 3.12. The standard InChI is InChI=1S/C25H22N2O3/c1-16-14-22(17(2)30-16)25(28)26-20-7-4-6-19(15-20)24-9-5-8-23(27-24)18-10-12-21(29-3)13-11-18/h4-15H,1-3H3,(H,26,28). The molecule has 0 saturated carbocycles. The van der Waals surface area contributed by atoms with E-state index in [1.807, 2.05) is 73.7 Å². The molecule has 0 aliphatic rings. The minimum absolute atomic E-state index is 0.193. The highest BCUT2D eigenvalue weighted by Crippen LogP contribution is 2.26. The molecule has 0 aliphatic carbocycles. The summed E-state index contributed by atoms with van der Waals surface area (Å²) in [5.41, 5.74) is 4.87. The number of hydrogen-bond acceptors (Lipinski definition) is 4. The van der Waals surface area contributed by atoms with Crippen LogP contribution in [0.5, 0.6) is 5.75 Å². The van der Waals surface area contributed by atoms with E-state index in [-0.39, 0.29) is 5.91 Å². The highest BCUT2D eigenvalue weighted by atomic mass is 16.5. The molecule has 4 aromatic rings. The molecule has 0 bridgehead atoms. The lowest BCUT2D eigenvalue weighted by Crippen LogP contribution is -2.12. The van der Waals surface area contributed by atoms with Crippen molar-refractivity contribution in [3.8, 4) is 28.3 Å². The van der Waals surface area contributed by atoms with E-state index < -0.39 is 0 Å². The Hall–Kier alpha value is -3.86. The van der Waals surface area contributed by atoms with E-state index in [9.17, 15) is 4.79 Å². The van der Waals surface area contributed by atoms with E-state index >= 15 is 0 Å². The monoisotopic (exact) mass is 398 g/mol. The molecule has 0 saturated heterocycles. The zero-order valence-corrected chi connectivity index (χ0v) is 17.1. The third kappa shape index (κ3) is 4.10. The number of rotatable bonds is 5. The van der Waals surface area contributed by atoms with Gasteiger partial charge < -0.3 is 14.5 Å². The predicted molar refractivity (Wildman–Crippen MR) is 118 cm³/mol. The fourth-order valence-electron chi connectivity index (χ4n) is 3.33. The van der Waals surface area contributed by atoms with E-state index in [0.717, 1.165) is 28.3 Å². The maximum atomic E-state index is 12.6. The quantitative estimate of drug-likeness (QED) is 0.455. The largest absolute Gasteiger partial charge is 0.497 e. The van der Waals surface area contributed by atoms with Crippen LogP contribution in [-0.2, 0) is 0 Å². The molecule has 2 heterocycles. The number of aromatic nitrogens is 1. The van der Waals surface area contributed by atoms with Gasteiger partial charge in [-0.25, -0.2) is 4.98 Å². The number of furan rings is 1. The van der Waals surface area contributed by atoms with Crippen molar-refractivity contribution in [2.24, 2.45) is 0 Å². The van der Waals surface area contributed by atoms with Gasteiger partial charge in [-0.05, 0) is 68.4 Å². The van der Waals surface area contributed by atoms with Gasteiger partial charge in [0.25, 0.3) is 5.91 Å². The second-order valence-corrected chi connectivity index (χ2v) is 7.00. The van der Waals surface area contributed by atoms with Crippen molar-refractivity contribution in [2.75, 3.05) is 12.4 Å². The first-order valence-corrected chi connectivity index (χ1v) is 9.64. The summed E-state index contributed by atoms with van der Waals surface area (Å²) in [6.45, 7) is 3.61. The number of ether oxygens (including phenoxy) is 1. The topological polar surface area (TPSA) is 64.4 Å². The Bertz CT molecular complexity index is 1190. The Kier molecular flexibility index (Phi) is 5.35. The van der Waals surface area contributed by atoms with Gasteiger partial charge in [-0.2, -0.15) is 0 Å². The fraction of sp³-hybridized carbons (Fsp3) is 0.120. The number of benzene rings is 2. The summed E-state index contributed by atoms with van der Waals surface area (Å²) in [5.74, 6) is 1.93.